The van der Waals surface area contributed by atoms with Gasteiger partial charge in [0.1, 0.15) is 5.02 Å². The Bertz CT molecular complexity index is 544. The summed E-state index contributed by atoms with van der Waals surface area (Å²) in [5.74, 6) is -0.379. The first-order valence-corrected chi connectivity index (χ1v) is 7.33. The fourth-order valence-electron chi connectivity index (χ4n) is 2.54. The predicted octanol–water partition coefficient (Wildman–Crippen LogP) is 2.46. The molecule has 0 spiro atoms. The molecule has 1 amide bonds. The van der Waals surface area contributed by atoms with Crippen LogP contribution < -0.4 is 5.32 Å². The Morgan fingerprint density at radius 3 is 2.76 bits per heavy atom. The zero-order valence-corrected chi connectivity index (χ0v) is 12.6. The van der Waals surface area contributed by atoms with Crippen LogP contribution in [0.1, 0.15) is 30.1 Å². The average Bonchev–Trinajstić information content (AvgIpc) is 2.91. The monoisotopic (exact) mass is 311 g/mol. The quantitative estimate of drug-likeness (QED) is 0.669. The Balaban J connectivity index is 2.02. The molecular weight excluding hydrogens is 294 g/mol. The van der Waals surface area contributed by atoms with E-state index in [1.807, 2.05) is 6.92 Å². The second-order valence-electron chi connectivity index (χ2n) is 5.28. The van der Waals surface area contributed by atoms with Gasteiger partial charge in [-0.3, -0.25) is 14.9 Å². The third-order valence-electron chi connectivity index (χ3n) is 3.53. The lowest BCUT2D eigenvalue weighted by Gasteiger charge is -2.21. The number of halogens is 1. The molecule has 1 atom stereocenters. The van der Waals surface area contributed by atoms with Crippen molar-refractivity contribution in [3.8, 4) is 0 Å². The van der Waals surface area contributed by atoms with Crippen molar-refractivity contribution in [2.45, 2.75) is 25.8 Å². The summed E-state index contributed by atoms with van der Waals surface area (Å²) in [7, 11) is 0. The zero-order chi connectivity index (χ0) is 15.4. The van der Waals surface area contributed by atoms with Gasteiger partial charge in [0.25, 0.3) is 11.6 Å². The highest BCUT2D eigenvalue weighted by molar-refractivity contribution is 6.35. The first-order valence-electron chi connectivity index (χ1n) is 6.95. The molecule has 1 aliphatic heterocycles. The Morgan fingerprint density at radius 2 is 2.14 bits per heavy atom. The molecule has 1 aromatic rings. The number of benzene rings is 1. The van der Waals surface area contributed by atoms with Gasteiger partial charge in [0, 0.05) is 18.7 Å². The molecule has 1 saturated heterocycles. The summed E-state index contributed by atoms with van der Waals surface area (Å²) in [6.45, 7) is 4.80. The maximum Gasteiger partial charge on any atom is 0.288 e. The van der Waals surface area contributed by atoms with E-state index in [0.29, 0.717) is 0 Å². The minimum atomic E-state index is -0.591. The molecule has 1 aromatic carbocycles. The fourth-order valence-corrected chi connectivity index (χ4v) is 2.82. The SMILES string of the molecule is CC(CN1CCCC1)NC(=O)c1cccc([N+](=O)[O-])c1Cl. The molecule has 2 rings (SSSR count). The van der Waals surface area contributed by atoms with Crippen LogP contribution in [0, 0.1) is 10.1 Å². The van der Waals surface area contributed by atoms with Gasteiger partial charge in [-0.05, 0) is 38.9 Å². The van der Waals surface area contributed by atoms with Crippen LogP contribution in [0.3, 0.4) is 0 Å². The number of nitrogens with one attached hydrogen (secondary N) is 1. The normalized spacial score (nSPS) is 16.7. The molecule has 21 heavy (non-hydrogen) atoms. The zero-order valence-electron chi connectivity index (χ0n) is 11.8. The first kappa shape index (κ1) is 15.7. The predicted molar refractivity (Wildman–Crippen MR) is 80.7 cm³/mol. The van der Waals surface area contributed by atoms with Gasteiger partial charge in [0.05, 0.1) is 10.5 Å². The van der Waals surface area contributed by atoms with Crippen LogP contribution in [0.25, 0.3) is 0 Å². The van der Waals surface area contributed by atoms with Gasteiger partial charge < -0.3 is 10.2 Å². The van der Waals surface area contributed by atoms with Crippen molar-refractivity contribution in [1.29, 1.82) is 0 Å². The van der Waals surface area contributed by atoms with Gasteiger partial charge in [0.2, 0.25) is 0 Å². The van der Waals surface area contributed by atoms with E-state index in [0.717, 1.165) is 19.6 Å². The third-order valence-corrected chi connectivity index (χ3v) is 3.93. The standard InChI is InChI=1S/C14H18ClN3O3/c1-10(9-17-7-2-3-8-17)16-14(19)11-5-4-6-12(13(11)15)18(20)21/h4-6,10H,2-3,7-9H2,1H3,(H,16,19). The molecule has 1 heterocycles. The molecule has 1 aliphatic rings. The van der Waals surface area contributed by atoms with E-state index < -0.39 is 4.92 Å². The maximum atomic E-state index is 12.2. The van der Waals surface area contributed by atoms with E-state index in [4.69, 9.17) is 11.6 Å². The Morgan fingerprint density at radius 1 is 1.48 bits per heavy atom. The van der Waals surface area contributed by atoms with Crippen LogP contribution in [-0.2, 0) is 0 Å². The minimum Gasteiger partial charge on any atom is -0.348 e. The van der Waals surface area contributed by atoms with Gasteiger partial charge in [-0.25, -0.2) is 0 Å². The Kier molecular flexibility index (Phi) is 5.14. The minimum absolute atomic E-state index is 0.0362. The molecule has 1 unspecified atom stereocenters. The van der Waals surface area contributed by atoms with Gasteiger partial charge in [-0.1, -0.05) is 17.7 Å². The first-order chi connectivity index (χ1) is 9.99. The molecular formula is C14H18ClN3O3. The molecule has 1 N–H and O–H groups in total. The number of nitro groups is 1. The highest BCUT2D eigenvalue weighted by Gasteiger charge is 2.22. The highest BCUT2D eigenvalue weighted by atomic mass is 35.5. The van der Waals surface area contributed by atoms with Gasteiger partial charge >= 0.3 is 0 Å². The lowest BCUT2D eigenvalue weighted by atomic mass is 10.1. The molecule has 0 aromatic heterocycles. The summed E-state index contributed by atoms with van der Waals surface area (Å²) in [5.41, 5.74) is -0.115. The van der Waals surface area contributed by atoms with Crippen molar-refractivity contribution in [2.75, 3.05) is 19.6 Å². The van der Waals surface area contributed by atoms with E-state index in [1.165, 1.54) is 31.0 Å². The number of nitro benzene ring substituents is 1. The molecule has 7 heteroatoms. The lowest BCUT2D eigenvalue weighted by molar-refractivity contribution is -0.384. The van der Waals surface area contributed by atoms with Crippen molar-refractivity contribution in [3.63, 3.8) is 0 Å². The average molecular weight is 312 g/mol. The van der Waals surface area contributed by atoms with Crippen LogP contribution in [-0.4, -0.2) is 41.4 Å². The number of likely N-dealkylation sites (tertiary alicyclic amines) is 1. The van der Waals surface area contributed by atoms with Crippen molar-refractivity contribution in [2.24, 2.45) is 0 Å². The smallest absolute Gasteiger partial charge is 0.288 e. The summed E-state index contributed by atoms with van der Waals surface area (Å²) >= 11 is 5.94. The van der Waals surface area contributed by atoms with Gasteiger partial charge in [0.15, 0.2) is 0 Å². The van der Waals surface area contributed by atoms with E-state index in [2.05, 4.69) is 10.2 Å². The van der Waals surface area contributed by atoms with Crippen LogP contribution in [0.2, 0.25) is 5.02 Å². The second kappa shape index (κ2) is 6.87. The summed E-state index contributed by atoms with van der Waals surface area (Å²) in [6.07, 6.45) is 2.38. The van der Waals surface area contributed by atoms with Crippen LogP contribution in [0.4, 0.5) is 5.69 Å². The van der Waals surface area contributed by atoms with E-state index >= 15 is 0 Å². The van der Waals surface area contributed by atoms with Crippen molar-refractivity contribution in [3.05, 3.63) is 38.9 Å². The molecule has 0 saturated carbocycles. The lowest BCUT2D eigenvalue weighted by Crippen LogP contribution is -2.41. The van der Waals surface area contributed by atoms with Crippen LogP contribution in [0.15, 0.2) is 18.2 Å². The van der Waals surface area contributed by atoms with E-state index in [1.54, 1.807) is 0 Å². The topological polar surface area (TPSA) is 75.5 Å². The number of hydrogen-bond acceptors (Lipinski definition) is 4. The largest absolute Gasteiger partial charge is 0.348 e. The molecule has 6 nitrogen and oxygen atoms in total. The molecule has 1 fully saturated rings. The van der Waals surface area contributed by atoms with Crippen molar-refractivity contribution < 1.29 is 9.72 Å². The Hall–Kier alpha value is -1.66. The summed E-state index contributed by atoms with van der Waals surface area (Å²) in [5, 5.41) is 13.6. The highest BCUT2D eigenvalue weighted by Crippen LogP contribution is 2.27. The maximum absolute atomic E-state index is 12.2. The fraction of sp³-hybridized carbons (Fsp3) is 0.500. The summed E-state index contributed by atoms with van der Waals surface area (Å²) in [6, 6.07) is 4.20. The summed E-state index contributed by atoms with van der Waals surface area (Å²) < 4.78 is 0. The van der Waals surface area contributed by atoms with Crippen LogP contribution >= 0.6 is 11.6 Å². The molecule has 0 bridgehead atoms. The van der Waals surface area contributed by atoms with Crippen molar-refractivity contribution >= 4 is 23.2 Å². The number of amides is 1. The van der Waals surface area contributed by atoms with Crippen LogP contribution in [0.5, 0.6) is 0 Å². The number of hydrogen-bond donors (Lipinski definition) is 1. The number of nitrogens with zero attached hydrogens (tertiary/aromatic N) is 2. The molecule has 0 aliphatic carbocycles. The number of carbonyl (C=O) groups is 1. The Labute approximate surface area is 128 Å². The molecule has 114 valence electrons. The third kappa shape index (κ3) is 3.92. The second-order valence-corrected chi connectivity index (χ2v) is 5.66. The van der Waals surface area contributed by atoms with E-state index in [-0.39, 0.29) is 28.2 Å². The van der Waals surface area contributed by atoms with Gasteiger partial charge in [-0.15, -0.1) is 0 Å². The van der Waals surface area contributed by atoms with Gasteiger partial charge in [-0.2, -0.15) is 0 Å². The number of rotatable bonds is 5. The van der Waals surface area contributed by atoms with Crippen molar-refractivity contribution in [1.82, 2.24) is 10.2 Å². The van der Waals surface area contributed by atoms with E-state index in [9.17, 15) is 14.9 Å². The number of carbonyl (C=O) groups excluding carboxylic acids is 1. The molecule has 0 radical (unpaired) electrons. The summed E-state index contributed by atoms with van der Waals surface area (Å²) in [4.78, 5) is 24.7.